The normalized spacial score (nSPS) is 11.5. The van der Waals surface area contributed by atoms with Gasteiger partial charge in [-0.2, -0.15) is 5.10 Å². The summed E-state index contributed by atoms with van der Waals surface area (Å²) in [4.78, 5) is 25.3. The van der Waals surface area contributed by atoms with E-state index in [1.807, 2.05) is 67.6 Å². The van der Waals surface area contributed by atoms with E-state index in [0.29, 0.717) is 11.4 Å². The summed E-state index contributed by atoms with van der Waals surface area (Å²) in [6, 6.07) is 34.3. The molecule has 2 aromatic heterocycles. The van der Waals surface area contributed by atoms with E-state index in [0.717, 1.165) is 16.7 Å². The number of amides is 1. The molecule has 7 nitrogen and oxygen atoms in total. The first kappa shape index (κ1) is 30.6. The fourth-order valence-electron chi connectivity index (χ4n) is 4.87. The van der Waals surface area contributed by atoms with Crippen molar-refractivity contribution in [1.29, 1.82) is 0 Å². The molecule has 0 saturated carbocycles. The van der Waals surface area contributed by atoms with E-state index < -0.39 is 10.7 Å². The second-order valence-corrected chi connectivity index (χ2v) is 11.1. The molecule has 9 heteroatoms. The number of hydrogen-bond donors (Lipinski definition) is 0. The molecule has 0 spiro atoms. The highest BCUT2D eigenvalue weighted by atomic mass is 35.5. The van der Waals surface area contributed by atoms with Gasteiger partial charge in [0, 0.05) is 11.9 Å². The largest absolute Gasteiger partial charge is 0.396 e. The van der Waals surface area contributed by atoms with E-state index in [9.17, 15) is 4.79 Å². The number of carbonyl (C=O) groups excluding carboxylic acids is 1. The van der Waals surface area contributed by atoms with Gasteiger partial charge in [0.25, 0.3) is 5.91 Å². The molecule has 5 aromatic rings. The van der Waals surface area contributed by atoms with Gasteiger partial charge < -0.3 is 4.84 Å². The first-order chi connectivity index (χ1) is 21.6. The summed E-state index contributed by atoms with van der Waals surface area (Å²) in [5.74, 6) is 2.35. The van der Waals surface area contributed by atoms with Crippen molar-refractivity contribution in [2.45, 2.75) is 11.7 Å². The van der Waals surface area contributed by atoms with Gasteiger partial charge in [0.05, 0.1) is 29.4 Å². The Morgan fingerprint density at radius 2 is 1.57 bits per heavy atom. The molecule has 0 aliphatic rings. The van der Waals surface area contributed by atoms with E-state index in [2.05, 4.69) is 57.6 Å². The van der Waals surface area contributed by atoms with Gasteiger partial charge in [-0.3, -0.25) is 14.7 Å². The summed E-state index contributed by atoms with van der Waals surface area (Å²) in [5.41, 5.74) is 4.41. The number of pyridine rings is 1. The second-order valence-electron chi connectivity index (χ2n) is 9.58. The molecular weight excluding hydrogens is 590 g/mol. The van der Waals surface area contributed by atoms with Crippen LogP contribution in [0.4, 0.5) is 5.69 Å². The summed E-state index contributed by atoms with van der Waals surface area (Å²) in [5, 5.41) is 8.82. The van der Waals surface area contributed by atoms with Gasteiger partial charge in [-0.25, -0.2) is 4.68 Å². The molecule has 0 radical (unpaired) electrons. The van der Waals surface area contributed by atoms with Crippen LogP contribution in [0.25, 0.3) is 5.69 Å². The first-order valence-electron chi connectivity index (χ1n) is 14.0. The van der Waals surface area contributed by atoms with Crippen LogP contribution in [-0.2, 0) is 14.4 Å². The number of oxime groups is 1. The summed E-state index contributed by atoms with van der Waals surface area (Å²) in [6.07, 6.45) is 10.7. The smallest absolute Gasteiger partial charge is 0.277 e. The number of hydrogen-bond acceptors (Lipinski definition) is 6. The zero-order valence-corrected chi connectivity index (χ0v) is 25.7. The van der Waals surface area contributed by atoms with E-state index in [-0.39, 0.29) is 29.8 Å². The van der Waals surface area contributed by atoms with Crippen LogP contribution in [0.15, 0.2) is 127 Å². The maximum Gasteiger partial charge on any atom is 0.277 e. The summed E-state index contributed by atoms with van der Waals surface area (Å²) in [7, 11) is 0. The molecule has 5 rings (SSSR count). The SMILES string of the molecule is C#CCN(C(=O)/C(CSC(c1ccccc1)(c1ccccc1)c1ccccc1)=N\OCC)c1cn(-c2cccnc2)nc1Cl. The second kappa shape index (κ2) is 14.6. The van der Waals surface area contributed by atoms with Crippen molar-refractivity contribution in [2.24, 2.45) is 5.16 Å². The molecule has 0 bridgehead atoms. The van der Waals surface area contributed by atoms with Crippen molar-refractivity contribution < 1.29 is 9.63 Å². The molecule has 3 aromatic carbocycles. The average molecular weight is 620 g/mol. The zero-order chi connectivity index (χ0) is 30.8. The number of anilines is 1. The molecule has 1 amide bonds. The number of halogens is 1. The standard InChI is InChI=1S/C35H30ClN5O2S/c1-3-23-40(32-25-41(38-33(32)36)30-21-14-22-37-24-30)34(42)31(39-43-4-2)26-44-35(27-15-8-5-9-16-27,28-17-10-6-11-18-28)29-19-12-7-13-20-29/h1,5-22,24-25H,4,23,26H2,2H3/b39-31-. The molecule has 0 saturated heterocycles. The highest BCUT2D eigenvalue weighted by molar-refractivity contribution is 8.01. The van der Waals surface area contributed by atoms with Crippen molar-refractivity contribution in [3.05, 3.63) is 144 Å². The number of carbonyl (C=O) groups is 1. The minimum atomic E-state index is -0.670. The van der Waals surface area contributed by atoms with E-state index in [1.54, 1.807) is 41.1 Å². The lowest BCUT2D eigenvalue weighted by molar-refractivity contribution is -0.112. The molecule has 0 aliphatic carbocycles. The molecule has 0 aliphatic heterocycles. The van der Waals surface area contributed by atoms with E-state index >= 15 is 0 Å². The third-order valence-corrected chi connectivity index (χ3v) is 8.69. The molecule has 2 heterocycles. The topological polar surface area (TPSA) is 72.6 Å². The number of terminal acetylenes is 1. The lowest BCUT2D eigenvalue weighted by atomic mass is 9.84. The first-order valence-corrected chi connectivity index (χ1v) is 15.3. The Bertz CT molecular complexity index is 1640. The Balaban J connectivity index is 1.56. The molecule has 0 fully saturated rings. The molecule has 0 atom stereocenters. The van der Waals surface area contributed by atoms with Crippen molar-refractivity contribution >= 4 is 40.7 Å². The van der Waals surface area contributed by atoms with Crippen molar-refractivity contribution in [1.82, 2.24) is 14.8 Å². The minimum Gasteiger partial charge on any atom is -0.396 e. The lowest BCUT2D eigenvalue weighted by Crippen LogP contribution is -2.39. The van der Waals surface area contributed by atoms with Crippen molar-refractivity contribution in [3.63, 3.8) is 0 Å². The van der Waals surface area contributed by atoms with Crippen LogP contribution in [0.2, 0.25) is 5.15 Å². The molecule has 0 unspecified atom stereocenters. The van der Waals surface area contributed by atoms with Crippen LogP contribution in [0.5, 0.6) is 0 Å². The van der Waals surface area contributed by atoms with Crippen LogP contribution in [0, 0.1) is 12.3 Å². The number of nitrogens with zero attached hydrogens (tertiary/aromatic N) is 5. The van der Waals surface area contributed by atoms with Crippen LogP contribution in [-0.4, -0.2) is 45.3 Å². The quantitative estimate of drug-likeness (QED) is 0.0650. The van der Waals surface area contributed by atoms with Gasteiger partial charge in [-0.1, -0.05) is 114 Å². The number of aromatic nitrogens is 3. The highest BCUT2D eigenvalue weighted by Crippen LogP contribution is 2.48. The lowest BCUT2D eigenvalue weighted by Gasteiger charge is -2.35. The number of thioether (sulfide) groups is 1. The van der Waals surface area contributed by atoms with Gasteiger partial charge in [0.1, 0.15) is 12.3 Å². The fourth-order valence-corrected chi connectivity index (χ4v) is 6.54. The Morgan fingerprint density at radius 1 is 0.977 bits per heavy atom. The van der Waals surface area contributed by atoms with Gasteiger partial charge in [-0.05, 0) is 35.7 Å². The Hall–Kier alpha value is -4.84. The van der Waals surface area contributed by atoms with Crippen LogP contribution < -0.4 is 4.90 Å². The average Bonchev–Trinajstić information content (AvgIpc) is 3.47. The van der Waals surface area contributed by atoms with Crippen LogP contribution in [0.1, 0.15) is 23.6 Å². The maximum atomic E-state index is 14.3. The number of rotatable bonds is 12. The molecule has 220 valence electrons. The van der Waals surface area contributed by atoms with Crippen LogP contribution >= 0.6 is 23.4 Å². The maximum absolute atomic E-state index is 14.3. The fraction of sp³-hybridized carbons (Fsp3) is 0.143. The third kappa shape index (κ3) is 6.55. The van der Waals surface area contributed by atoms with Crippen LogP contribution in [0.3, 0.4) is 0 Å². The van der Waals surface area contributed by atoms with Crippen molar-refractivity contribution in [2.75, 3.05) is 23.8 Å². The third-order valence-electron chi connectivity index (χ3n) is 6.86. The Kier molecular flexibility index (Phi) is 10.1. The summed E-state index contributed by atoms with van der Waals surface area (Å²) >= 11 is 8.16. The van der Waals surface area contributed by atoms with Gasteiger partial charge >= 0.3 is 0 Å². The summed E-state index contributed by atoms with van der Waals surface area (Å²) < 4.78 is 0.887. The van der Waals surface area contributed by atoms with Gasteiger partial charge in [0.2, 0.25) is 0 Å². The molecular formula is C35H30ClN5O2S. The predicted octanol–water partition coefficient (Wildman–Crippen LogP) is 7.00. The summed E-state index contributed by atoms with van der Waals surface area (Å²) in [6.45, 7) is 2.06. The van der Waals surface area contributed by atoms with E-state index in [1.165, 1.54) is 4.90 Å². The zero-order valence-electron chi connectivity index (χ0n) is 24.1. The Labute approximate surface area is 266 Å². The van der Waals surface area contributed by atoms with Gasteiger partial charge in [0.15, 0.2) is 10.9 Å². The minimum absolute atomic E-state index is 0.0473. The van der Waals surface area contributed by atoms with Crippen molar-refractivity contribution in [3.8, 4) is 18.0 Å². The predicted molar refractivity (Wildman–Crippen MR) is 178 cm³/mol. The van der Waals surface area contributed by atoms with Gasteiger partial charge in [-0.15, -0.1) is 18.2 Å². The Morgan fingerprint density at radius 3 is 2.07 bits per heavy atom. The number of benzene rings is 3. The monoisotopic (exact) mass is 619 g/mol. The highest BCUT2D eigenvalue weighted by Gasteiger charge is 2.38. The molecule has 0 N–H and O–H groups in total. The molecule has 44 heavy (non-hydrogen) atoms. The van der Waals surface area contributed by atoms with E-state index in [4.69, 9.17) is 22.9 Å².